The SMILES string of the molecule is Cl.NCC(F)(F)CNC(=O)COc1cccc(C(F)(F)F)c1. The van der Waals surface area contributed by atoms with Crippen LogP contribution in [0.3, 0.4) is 0 Å². The molecule has 0 saturated carbocycles. The molecule has 3 N–H and O–H groups in total. The van der Waals surface area contributed by atoms with Gasteiger partial charge in [0.1, 0.15) is 5.75 Å². The quantitative estimate of drug-likeness (QED) is 0.775. The summed E-state index contributed by atoms with van der Waals surface area (Å²) < 4.78 is 67.6. The van der Waals surface area contributed by atoms with Crippen molar-refractivity contribution in [1.82, 2.24) is 5.32 Å². The van der Waals surface area contributed by atoms with Crippen molar-refractivity contribution in [2.45, 2.75) is 12.1 Å². The van der Waals surface area contributed by atoms with E-state index in [0.29, 0.717) is 6.07 Å². The second kappa shape index (κ2) is 8.14. The standard InChI is InChI=1S/C12H13F5N2O2.ClH/c13-11(14,6-18)7-19-10(20)5-21-9-3-1-2-8(4-9)12(15,16)17;/h1-4H,5-7,18H2,(H,19,20);1H. The molecule has 0 aromatic heterocycles. The van der Waals surface area contributed by atoms with Crippen molar-refractivity contribution >= 4 is 18.3 Å². The molecule has 0 bridgehead atoms. The van der Waals surface area contributed by atoms with E-state index in [4.69, 9.17) is 10.5 Å². The van der Waals surface area contributed by atoms with Crippen LogP contribution in [0.15, 0.2) is 24.3 Å². The number of nitrogens with two attached hydrogens (primary N) is 1. The summed E-state index contributed by atoms with van der Waals surface area (Å²) >= 11 is 0. The maximum atomic E-state index is 12.8. The average Bonchev–Trinajstić information content (AvgIpc) is 2.42. The van der Waals surface area contributed by atoms with E-state index in [9.17, 15) is 26.7 Å². The Morgan fingerprint density at radius 2 is 1.86 bits per heavy atom. The Hall–Kier alpha value is -1.61. The lowest BCUT2D eigenvalue weighted by Gasteiger charge is -2.15. The maximum Gasteiger partial charge on any atom is 0.416 e. The fourth-order valence-corrected chi connectivity index (χ4v) is 1.26. The molecular formula is C12H14ClF5N2O2. The van der Waals surface area contributed by atoms with Crippen molar-refractivity contribution in [2.24, 2.45) is 5.73 Å². The van der Waals surface area contributed by atoms with Crippen LogP contribution >= 0.6 is 12.4 Å². The zero-order valence-corrected chi connectivity index (χ0v) is 11.9. The largest absolute Gasteiger partial charge is 0.484 e. The van der Waals surface area contributed by atoms with Gasteiger partial charge in [-0.1, -0.05) is 6.07 Å². The predicted molar refractivity (Wildman–Crippen MR) is 71.2 cm³/mol. The fourth-order valence-electron chi connectivity index (χ4n) is 1.26. The van der Waals surface area contributed by atoms with Gasteiger partial charge in [-0.15, -0.1) is 12.4 Å². The first kappa shape index (κ1) is 20.4. The average molecular weight is 349 g/mol. The Bertz CT molecular complexity index is 497. The molecule has 0 unspecified atom stereocenters. The van der Waals surface area contributed by atoms with Crippen LogP contribution in [0, 0.1) is 0 Å². The number of hydrogen-bond donors (Lipinski definition) is 2. The van der Waals surface area contributed by atoms with Crippen LogP contribution < -0.4 is 15.8 Å². The highest BCUT2D eigenvalue weighted by atomic mass is 35.5. The zero-order chi connectivity index (χ0) is 16.1. The molecule has 0 saturated heterocycles. The number of carbonyl (C=O) groups is 1. The van der Waals surface area contributed by atoms with Crippen molar-refractivity contribution in [1.29, 1.82) is 0 Å². The fraction of sp³-hybridized carbons (Fsp3) is 0.417. The second-order valence-corrected chi connectivity index (χ2v) is 4.15. The van der Waals surface area contributed by atoms with Crippen LogP contribution in [0.1, 0.15) is 5.56 Å². The van der Waals surface area contributed by atoms with Crippen LogP contribution in [0.5, 0.6) is 5.75 Å². The van der Waals surface area contributed by atoms with Gasteiger partial charge in [0.25, 0.3) is 11.8 Å². The molecule has 0 atom stereocenters. The van der Waals surface area contributed by atoms with Gasteiger partial charge >= 0.3 is 6.18 Å². The molecule has 0 radical (unpaired) electrons. The van der Waals surface area contributed by atoms with Gasteiger partial charge in [-0.2, -0.15) is 13.2 Å². The molecule has 0 spiro atoms. The van der Waals surface area contributed by atoms with Crippen molar-refractivity contribution in [2.75, 3.05) is 19.7 Å². The monoisotopic (exact) mass is 348 g/mol. The lowest BCUT2D eigenvalue weighted by molar-refractivity contribution is -0.137. The Morgan fingerprint density at radius 1 is 1.23 bits per heavy atom. The van der Waals surface area contributed by atoms with Crippen molar-refractivity contribution in [3.05, 3.63) is 29.8 Å². The van der Waals surface area contributed by atoms with Crippen LogP contribution in [0.25, 0.3) is 0 Å². The smallest absolute Gasteiger partial charge is 0.416 e. The van der Waals surface area contributed by atoms with Crippen LogP contribution in [-0.4, -0.2) is 31.5 Å². The third kappa shape index (κ3) is 6.90. The minimum absolute atomic E-state index is 0. The normalized spacial score (nSPS) is 11.5. The number of hydrogen-bond acceptors (Lipinski definition) is 3. The molecule has 0 aliphatic rings. The first-order chi connectivity index (χ1) is 9.64. The molecule has 1 aromatic carbocycles. The van der Waals surface area contributed by atoms with Crippen molar-refractivity contribution < 1.29 is 31.5 Å². The summed E-state index contributed by atoms with van der Waals surface area (Å²) in [6.07, 6.45) is -4.54. The van der Waals surface area contributed by atoms with Gasteiger partial charge in [0.05, 0.1) is 18.7 Å². The summed E-state index contributed by atoms with van der Waals surface area (Å²) in [4.78, 5) is 11.2. The zero-order valence-electron chi connectivity index (χ0n) is 11.1. The number of rotatable bonds is 6. The minimum atomic E-state index is -4.54. The molecule has 22 heavy (non-hydrogen) atoms. The summed E-state index contributed by atoms with van der Waals surface area (Å²) in [7, 11) is 0. The van der Waals surface area contributed by atoms with Gasteiger partial charge in [-0.25, -0.2) is 8.78 Å². The summed E-state index contributed by atoms with van der Waals surface area (Å²) in [6, 6.07) is 3.88. The molecule has 0 aliphatic carbocycles. The topological polar surface area (TPSA) is 64.3 Å². The van der Waals surface area contributed by atoms with Crippen molar-refractivity contribution in [3.8, 4) is 5.75 Å². The summed E-state index contributed by atoms with van der Waals surface area (Å²) in [6.45, 7) is -2.57. The van der Waals surface area contributed by atoms with Crippen molar-refractivity contribution in [3.63, 3.8) is 0 Å². The van der Waals surface area contributed by atoms with E-state index in [0.717, 1.165) is 12.1 Å². The van der Waals surface area contributed by atoms with Crippen LogP contribution in [-0.2, 0) is 11.0 Å². The lowest BCUT2D eigenvalue weighted by atomic mass is 10.2. The van der Waals surface area contributed by atoms with E-state index in [-0.39, 0.29) is 18.2 Å². The van der Waals surface area contributed by atoms with Gasteiger partial charge in [0, 0.05) is 0 Å². The number of carbonyl (C=O) groups excluding carboxylic acids is 1. The van der Waals surface area contributed by atoms with E-state index < -0.39 is 43.3 Å². The highest BCUT2D eigenvalue weighted by Crippen LogP contribution is 2.31. The number of benzene rings is 1. The molecular weight excluding hydrogens is 335 g/mol. The molecule has 0 aliphatic heterocycles. The molecule has 4 nitrogen and oxygen atoms in total. The maximum absolute atomic E-state index is 12.8. The van der Waals surface area contributed by atoms with E-state index in [1.165, 1.54) is 6.07 Å². The molecule has 0 heterocycles. The molecule has 1 aromatic rings. The van der Waals surface area contributed by atoms with Gasteiger partial charge in [0.2, 0.25) is 0 Å². The van der Waals surface area contributed by atoms with Gasteiger partial charge < -0.3 is 15.8 Å². The molecule has 126 valence electrons. The Labute approximate surface area is 129 Å². The first-order valence-electron chi connectivity index (χ1n) is 5.79. The second-order valence-electron chi connectivity index (χ2n) is 4.15. The first-order valence-corrected chi connectivity index (χ1v) is 5.79. The van der Waals surface area contributed by atoms with Gasteiger partial charge in [0.15, 0.2) is 6.61 Å². The number of amides is 1. The number of nitrogens with one attached hydrogen (secondary N) is 1. The Kier molecular flexibility index (Phi) is 7.54. The number of halogens is 6. The predicted octanol–water partition coefficient (Wildman–Crippen LogP) is 2.22. The molecule has 1 amide bonds. The van der Waals surface area contributed by atoms with Gasteiger partial charge in [-0.3, -0.25) is 4.79 Å². The third-order valence-corrected chi connectivity index (χ3v) is 2.37. The van der Waals surface area contributed by atoms with E-state index >= 15 is 0 Å². The Balaban J connectivity index is 0.00000441. The van der Waals surface area contributed by atoms with Crippen LogP contribution in [0.4, 0.5) is 22.0 Å². The Morgan fingerprint density at radius 3 is 2.41 bits per heavy atom. The van der Waals surface area contributed by atoms with Gasteiger partial charge in [-0.05, 0) is 18.2 Å². The van der Waals surface area contributed by atoms with E-state index in [2.05, 4.69) is 0 Å². The summed E-state index contributed by atoms with van der Waals surface area (Å²) in [5, 5.41) is 1.87. The van der Waals surface area contributed by atoms with E-state index in [1.807, 2.05) is 5.32 Å². The summed E-state index contributed by atoms with van der Waals surface area (Å²) in [5.41, 5.74) is 3.84. The molecule has 10 heteroatoms. The molecule has 0 fully saturated rings. The lowest BCUT2D eigenvalue weighted by Crippen LogP contribution is -2.43. The minimum Gasteiger partial charge on any atom is -0.484 e. The summed E-state index contributed by atoms with van der Waals surface area (Å²) in [5.74, 6) is -4.32. The highest BCUT2D eigenvalue weighted by Gasteiger charge is 2.30. The van der Waals surface area contributed by atoms with Crippen LogP contribution in [0.2, 0.25) is 0 Å². The number of ether oxygens (including phenoxy) is 1. The van der Waals surface area contributed by atoms with E-state index in [1.54, 1.807) is 0 Å². The third-order valence-electron chi connectivity index (χ3n) is 2.37. The molecule has 1 rings (SSSR count). The highest BCUT2D eigenvalue weighted by molar-refractivity contribution is 5.85. The number of alkyl halides is 5.